The average molecular weight is 448 g/mol. The lowest BCUT2D eigenvalue weighted by molar-refractivity contribution is -0.134. The molecule has 0 saturated carbocycles. The highest BCUT2D eigenvalue weighted by molar-refractivity contribution is 7.12. The number of halogens is 1. The number of anilines is 3. The fourth-order valence-corrected chi connectivity index (χ4v) is 4.88. The van der Waals surface area contributed by atoms with E-state index in [1.165, 1.54) is 11.3 Å². The Hall–Kier alpha value is -3.28. The van der Waals surface area contributed by atoms with Crippen LogP contribution in [-0.2, 0) is 4.79 Å². The third-order valence-electron chi connectivity index (χ3n) is 5.31. The smallest absolute Gasteiger partial charge is 0.324 e. The third kappa shape index (κ3) is 3.46. The predicted octanol–water partition coefficient (Wildman–Crippen LogP) is 6.93. The minimum atomic E-state index is -0.588. The van der Waals surface area contributed by atoms with Gasteiger partial charge in [-0.1, -0.05) is 54.1 Å². The second-order valence-corrected chi connectivity index (χ2v) is 8.35. The van der Waals surface area contributed by atoms with Gasteiger partial charge in [0.15, 0.2) is 0 Å². The van der Waals surface area contributed by atoms with Crippen LogP contribution in [0.3, 0.4) is 0 Å². The number of rotatable bonds is 4. The van der Waals surface area contributed by atoms with Gasteiger partial charge in [0, 0.05) is 11.8 Å². The van der Waals surface area contributed by atoms with Gasteiger partial charge in [0.25, 0.3) is 0 Å². The Morgan fingerprint density at radius 3 is 2.42 bits per heavy atom. The maximum absolute atomic E-state index is 13.4. The van der Waals surface area contributed by atoms with E-state index < -0.39 is 5.92 Å². The maximum Gasteiger partial charge on any atom is 0.324 e. The Balaban J connectivity index is 1.69. The monoisotopic (exact) mass is 447 g/mol. The summed E-state index contributed by atoms with van der Waals surface area (Å²) in [6.45, 7) is 0. The number of carbonyl (C=O) groups excluding carboxylic acids is 1. The van der Waals surface area contributed by atoms with Crippen molar-refractivity contribution in [2.75, 3.05) is 12.0 Å². The summed E-state index contributed by atoms with van der Waals surface area (Å²) in [7, 11) is 1.63. The fourth-order valence-electron chi connectivity index (χ4n) is 3.93. The van der Waals surface area contributed by atoms with Gasteiger partial charge in [-0.25, -0.2) is 0 Å². The van der Waals surface area contributed by atoms with E-state index in [1.54, 1.807) is 18.6 Å². The summed E-state index contributed by atoms with van der Waals surface area (Å²) in [5, 5.41) is 2.64. The second kappa shape index (κ2) is 8.10. The molecule has 6 heteroatoms. The fraction of sp³-hybridized carbons (Fsp3) is 0.0800. The van der Waals surface area contributed by atoms with Crippen LogP contribution in [0.25, 0.3) is 0 Å². The van der Waals surface area contributed by atoms with E-state index in [0.717, 1.165) is 28.2 Å². The van der Waals surface area contributed by atoms with Crippen molar-refractivity contribution in [1.82, 2.24) is 0 Å². The van der Waals surface area contributed by atoms with Crippen LogP contribution in [0.4, 0.5) is 17.1 Å². The zero-order chi connectivity index (χ0) is 21.4. The molecule has 154 valence electrons. The molecule has 0 saturated heterocycles. The zero-order valence-corrected chi connectivity index (χ0v) is 18.2. The summed E-state index contributed by atoms with van der Waals surface area (Å²) in [5.74, 6) is -0.237. The van der Waals surface area contributed by atoms with Crippen LogP contribution < -0.4 is 14.4 Å². The summed E-state index contributed by atoms with van der Waals surface area (Å²) in [5.41, 5.74) is 4.53. The number of hydrogen-bond donors (Lipinski definition) is 0. The molecule has 31 heavy (non-hydrogen) atoms. The molecule has 0 aliphatic carbocycles. The van der Waals surface area contributed by atoms with Gasteiger partial charge in [-0.3, -0.25) is 4.79 Å². The Labute approximate surface area is 189 Å². The zero-order valence-electron chi connectivity index (χ0n) is 16.6. The van der Waals surface area contributed by atoms with Crippen LogP contribution in [-0.4, -0.2) is 13.1 Å². The van der Waals surface area contributed by atoms with E-state index in [0.29, 0.717) is 15.8 Å². The first-order valence-corrected chi connectivity index (χ1v) is 11.0. The second-order valence-electron chi connectivity index (χ2n) is 7.06. The van der Waals surface area contributed by atoms with E-state index >= 15 is 0 Å². The van der Waals surface area contributed by atoms with Gasteiger partial charge < -0.3 is 14.4 Å². The molecule has 0 fully saturated rings. The number of fused-ring (bicyclic) bond motifs is 2. The summed E-state index contributed by atoms with van der Waals surface area (Å²) < 4.78 is 11.2. The van der Waals surface area contributed by atoms with Crippen molar-refractivity contribution in [1.29, 1.82) is 0 Å². The summed E-state index contributed by atoms with van der Waals surface area (Å²) >= 11 is 7.48. The van der Waals surface area contributed by atoms with E-state index in [1.807, 2.05) is 72.8 Å². The molecular formula is C25H18ClNO3S. The Kier molecular flexibility index (Phi) is 5.14. The molecule has 1 aromatic heterocycles. The molecule has 5 rings (SSSR count). The lowest BCUT2D eigenvalue weighted by Gasteiger charge is -2.36. The Bertz CT molecular complexity index is 1250. The average Bonchev–Trinajstić information content (AvgIpc) is 3.21. The Morgan fingerprint density at radius 2 is 1.68 bits per heavy atom. The SMILES string of the molecule is COc1ccc2c(c1)N(c1ccccc1)c1ccccc1C2C(=O)Oc1sccc1Cl. The number of methoxy groups -OCH3 is 1. The van der Waals surface area contributed by atoms with Crippen molar-refractivity contribution in [2.45, 2.75) is 5.92 Å². The molecule has 4 nitrogen and oxygen atoms in total. The van der Waals surface area contributed by atoms with Crippen molar-refractivity contribution >= 4 is 46.0 Å². The first-order chi connectivity index (χ1) is 15.2. The summed E-state index contributed by atoms with van der Waals surface area (Å²) in [6.07, 6.45) is 0. The molecule has 0 radical (unpaired) electrons. The van der Waals surface area contributed by atoms with E-state index in [2.05, 4.69) is 4.90 Å². The molecule has 0 N–H and O–H groups in total. The van der Waals surface area contributed by atoms with Crippen molar-refractivity contribution in [3.63, 3.8) is 0 Å². The van der Waals surface area contributed by atoms with Crippen LogP contribution in [0.1, 0.15) is 17.0 Å². The van der Waals surface area contributed by atoms with Gasteiger partial charge in [-0.15, -0.1) is 11.3 Å². The van der Waals surface area contributed by atoms with Crippen molar-refractivity contribution < 1.29 is 14.3 Å². The highest BCUT2D eigenvalue weighted by Crippen LogP contribution is 2.50. The van der Waals surface area contributed by atoms with Crippen molar-refractivity contribution in [3.8, 4) is 10.8 Å². The van der Waals surface area contributed by atoms with Gasteiger partial charge in [-0.2, -0.15) is 0 Å². The van der Waals surface area contributed by atoms with E-state index in [4.69, 9.17) is 21.1 Å². The minimum absolute atomic E-state index is 0.365. The molecule has 2 heterocycles. The number of esters is 1. The quantitative estimate of drug-likeness (QED) is 0.318. The van der Waals surface area contributed by atoms with Crippen molar-refractivity contribution in [3.05, 3.63) is 100 Å². The molecule has 0 bridgehead atoms. The number of hydrogen-bond acceptors (Lipinski definition) is 5. The van der Waals surface area contributed by atoms with Gasteiger partial charge >= 0.3 is 5.97 Å². The molecule has 1 unspecified atom stereocenters. The van der Waals surface area contributed by atoms with Crippen LogP contribution in [0.15, 0.2) is 84.2 Å². The van der Waals surface area contributed by atoms with Crippen LogP contribution in [0, 0.1) is 0 Å². The number of para-hydroxylation sites is 2. The van der Waals surface area contributed by atoms with E-state index in [-0.39, 0.29) is 5.97 Å². The number of nitrogens with zero attached hydrogens (tertiary/aromatic N) is 1. The first-order valence-electron chi connectivity index (χ1n) is 9.74. The molecule has 0 amide bonds. The number of ether oxygens (including phenoxy) is 2. The standard InChI is InChI=1S/C25H18ClNO3S/c1-29-17-11-12-19-22(15-17)27(16-7-3-2-4-8-16)21-10-6-5-9-18(21)23(19)24(28)30-25-20(26)13-14-31-25/h2-15,23H,1H3. The summed E-state index contributed by atoms with van der Waals surface area (Å²) in [6, 6.07) is 25.4. The van der Waals surface area contributed by atoms with Gasteiger partial charge in [0.2, 0.25) is 5.06 Å². The van der Waals surface area contributed by atoms with Crippen LogP contribution in [0.5, 0.6) is 10.8 Å². The highest BCUT2D eigenvalue weighted by atomic mass is 35.5. The third-order valence-corrected chi connectivity index (χ3v) is 6.51. The largest absolute Gasteiger partial charge is 0.497 e. The molecular weight excluding hydrogens is 430 g/mol. The summed E-state index contributed by atoms with van der Waals surface area (Å²) in [4.78, 5) is 15.6. The molecule has 0 spiro atoms. The molecule has 3 aromatic carbocycles. The molecule has 4 aromatic rings. The molecule has 1 atom stereocenters. The number of benzene rings is 3. The first kappa shape index (κ1) is 19.7. The Morgan fingerprint density at radius 1 is 0.935 bits per heavy atom. The predicted molar refractivity (Wildman–Crippen MR) is 124 cm³/mol. The highest BCUT2D eigenvalue weighted by Gasteiger charge is 2.37. The van der Waals surface area contributed by atoms with Crippen LogP contribution >= 0.6 is 22.9 Å². The lowest BCUT2D eigenvalue weighted by Crippen LogP contribution is -2.28. The van der Waals surface area contributed by atoms with Gasteiger partial charge in [-0.05, 0) is 46.8 Å². The van der Waals surface area contributed by atoms with Gasteiger partial charge in [0.1, 0.15) is 11.7 Å². The van der Waals surface area contributed by atoms with Crippen LogP contribution in [0.2, 0.25) is 5.02 Å². The number of thiophene rings is 1. The topological polar surface area (TPSA) is 38.8 Å². The number of carbonyl (C=O) groups is 1. The van der Waals surface area contributed by atoms with E-state index in [9.17, 15) is 4.79 Å². The lowest BCUT2D eigenvalue weighted by atomic mass is 9.84. The minimum Gasteiger partial charge on any atom is -0.497 e. The maximum atomic E-state index is 13.4. The normalized spacial score (nSPS) is 14.5. The van der Waals surface area contributed by atoms with Crippen molar-refractivity contribution in [2.24, 2.45) is 0 Å². The van der Waals surface area contributed by atoms with Gasteiger partial charge in [0.05, 0.1) is 23.5 Å². The molecule has 1 aliphatic rings. The molecule has 1 aliphatic heterocycles.